The van der Waals surface area contributed by atoms with Crippen molar-refractivity contribution in [2.75, 3.05) is 18.5 Å². The molecule has 0 unspecified atom stereocenters. The standard InChI is InChI=1S/C19H24N2O6/c1-11-13-9-12(5-6-14(13)21-17(11)24)15(22)10-26-16(23)7-8-20-18(25)27-19(2,3)4/h5-6,9,11H,7-8,10H2,1-4H3,(H,20,25)(H,21,24)/t11-/m0/s1. The van der Waals surface area contributed by atoms with Gasteiger partial charge in [-0.15, -0.1) is 0 Å². The second kappa shape index (κ2) is 8.20. The van der Waals surface area contributed by atoms with Crippen molar-refractivity contribution in [3.63, 3.8) is 0 Å². The first-order chi connectivity index (χ1) is 12.6. The van der Waals surface area contributed by atoms with Crippen molar-refractivity contribution in [3.05, 3.63) is 29.3 Å². The van der Waals surface area contributed by atoms with Crippen LogP contribution in [0.2, 0.25) is 0 Å². The maximum atomic E-state index is 12.2. The number of ether oxygens (including phenoxy) is 2. The van der Waals surface area contributed by atoms with Crippen LogP contribution in [0, 0.1) is 0 Å². The van der Waals surface area contributed by atoms with Gasteiger partial charge in [0.15, 0.2) is 12.4 Å². The molecule has 0 fully saturated rings. The monoisotopic (exact) mass is 376 g/mol. The normalized spacial score (nSPS) is 15.6. The number of anilines is 1. The number of hydrogen-bond donors (Lipinski definition) is 2. The number of benzene rings is 1. The molecule has 0 bridgehead atoms. The van der Waals surface area contributed by atoms with E-state index in [2.05, 4.69) is 10.6 Å². The van der Waals surface area contributed by atoms with Crippen molar-refractivity contribution in [2.45, 2.75) is 45.6 Å². The predicted octanol–water partition coefficient (Wildman–Crippen LogP) is 2.38. The third-order valence-electron chi connectivity index (χ3n) is 3.85. The highest BCUT2D eigenvalue weighted by molar-refractivity contribution is 6.05. The van der Waals surface area contributed by atoms with E-state index in [1.807, 2.05) is 0 Å². The highest BCUT2D eigenvalue weighted by Crippen LogP contribution is 2.32. The molecule has 1 heterocycles. The van der Waals surface area contributed by atoms with Crippen molar-refractivity contribution >= 4 is 29.4 Å². The number of fused-ring (bicyclic) bond motifs is 1. The van der Waals surface area contributed by atoms with Crippen molar-refractivity contribution in [3.8, 4) is 0 Å². The summed E-state index contributed by atoms with van der Waals surface area (Å²) in [6.07, 6.45) is -0.701. The van der Waals surface area contributed by atoms with Gasteiger partial charge >= 0.3 is 12.1 Å². The Morgan fingerprint density at radius 2 is 1.93 bits per heavy atom. The number of carbonyl (C=O) groups is 4. The van der Waals surface area contributed by atoms with E-state index in [1.54, 1.807) is 45.9 Å². The molecule has 2 rings (SSSR count). The predicted molar refractivity (Wildman–Crippen MR) is 97.6 cm³/mol. The Bertz CT molecular complexity index is 766. The van der Waals surface area contributed by atoms with E-state index in [0.717, 1.165) is 5.56 Å². The Hall–Kier alpha value is -2.90. The zero-order chi connectivity index (χ0) is 20.2. The topological polar surface area (TPSA) is 111 Å². The van der Waals surface area contributed by atoms with Gasteiger partial charge in [0, 0.05) is 17.8 Å². The second-order valence-electron chi connectivity index (χ2n) is 7.28. The zero-order valence-corrected chi connectivity index (χ0v) is 15.9. The molecule has 1 aromatic carbocycles. The number of hydrogen-bond acceptors (Lipinski definition) is 6. The molecule has 0 aliphatic carbocycles. The minimum atomic E-state index is -0.623. The molecular weight excluding hydrogens is 352 g/mol. The van der Waals surface area contributed by atoms with Gasteiger partial charge in [0.1, 0.15) is 5.60 Å². The quantitative estimate of drug-likeness (QED) is 0.582. The Labute approximate surface area is 157 Å². The molecule has 0 aromatic heterocycles. The van der Waals surface area contributed by atoms with Gasteiger partial charge in [-0.05, 0) is 51.5 Å². The lowest BCUT2D eigenvalue weighted by atomic mass is 9.99. The van der Waals surface area contributed by atoms with Crippen molar-refractivity contribution in [2.24, 2.45) is 0 Å². The molecule has 8 nitrogen and oxygen atoms in total. The molecule has 1 aliphatic rings. The van der Waals surface area contributed by atoms with Crippen LogP contribution in [0.3, 0.4) is 0 Å². The first-order valence-electron chi connectivity index (χ1n) is 8.67. The van der Waals surface area contributed by atoms with Crippen molar-refractivity contribution in [1.82, 2.24) is 5.32 Å². The van der Waals surface area contributed by atoms with Gasteiger partial charge in [0.2, 0.25) is 5.91 Å². The summed E-state index contributed by atoms with van der Waals surface area (Å²) in [5, 5.41) is 5.17. The van der Waals surface area contributed by atoms with Gasteiger partial charge < -0.3 is 20.1 Å². The Kier molecular flexibility index (Phi) is 6.20. The fourth-order valence-corrected chi connectivity index (χ4v) is 2.47. The van der Waals surface area contributed by atoms with Crippen LogP contribution in [0.1, 0.15) is 56.0 Å². The third-order valence-corrected chi connectivity index (χ3v) is 3.85. The number of carbonyl (C=O) groups excluding carboxylic acids is 4. The van der Waals surface area contributed by atoms with E-state index in [-0.39, 0.29) is 30.6 Å². The summed E-state index contributed by atoms with van der Waals surface area (Å²) in [6.45, 7) is 6.60. The zero-order valence-electron chi connectivity index (χ0n) is 15.9. The molecule has 27 heavy (non-hydrogen) atoms. The summed E-state index contributed by atoms with van der Waals surface area (Å²) in [5.74, 6) is -1.41. The summed E-state index contributed by atoms with van der Waals surface area (Å²) < 4.78 is 9.99. The van der Waals surface area contributed by atoms with Gasteiger partial charge in [-0.3, -0.25) is 14.4 Å². The molecule has 146 valence electrons. The van der Waals surface area contributed by atoms with Crippen LogP contribution in [-0.2, 0) is 19.1 Å². The molecule has 0 spiro atoms. The smallest absolute Gasteiger partial charge is 0.407 e. The van der Waals surface area contributed by atoms with E-state index < -0.39 is 24.3 Å². The molecule has 1 aliphatic heterocycles. The van der Waals surface area contributed by atoms with E-state index in [4.69, 9.17) is 9.47 Å². The molecule has 0 radical (unpaired) electrons. The summed E-state index contributed by atoms with van der Waals surface area (Å²) in [4.78, 5) is 47.0. The maximum Gasteiger partial charge on any atom is 0.407 e. The number of ketones is 1. The van der Waals surface area contributed by atoms with Crippen LogP contribution in [0.5, 0.6) is 0 Å². The number of Topliss-reactive ketones (excluding diaryl/α,β-unsaturated/α-hetero) is 1. The third kappa shape index (κ3) is 5.80. The van der Waals surface area contributed by atoms with Crippen LogP contribution < -0.4 is 10.6 Å². The van der Waals surface area contributed by atoms with Gasteiger partial charge in [-0.1, -0.05) is 0 Å². The minimum absolute atomic E-state index is 0.0477. The number of alkyl carbamates (subject to hydrolysis) is 1. The Balaban J connectivity index is 1.77. The average molecular weight is 376 g/mol. The van der Waals surface area contributed by atoms with Crippen LogP contribution in [0.15, 0.2) is 18.2 Å². The van der Waals surface area contributed by atoms with Crippen molar-refractivity contribution < 1.29 is 28.7 Å². The number of nitrogens with one attached hydrogen (secondary N) is 2. The average Bonchev–Trinajstić information content (AvgIpc) is 2.85. The maximum absolute atomic E-state index is 12.2. The van der Waals surface area contributed by atoms with Gasteiger partial charge in [0.05, 0.1) is 12.3 Å². The second-order valence-corrected chi connectivity index (χ2v) is 7.28. The summed E-state index contributed by atoms with van der Waals surface area (Å²) in [6, 6.07) is 4.88. The SMILES string of the molecule is C[C@@H]1C(=O)Nc2ccc(C(=O)COC(=O)CCNC(=O)OC(C)(C)C)cc21. The lowest BCUT2D eigenvalue weighted by Crippen LogP contribution is -2.33. The summed E-state index contributed by atoms with van der Waals surface area (Å²) >= 11 is 0. The molecular formula is C19H24N2O6. The highest BCUT2D eigenvalue weighted by Gasteiger charge is 2.27. The van der Waals surface area contributed by atoms with E-state index >= 15 is 0 Å². The van der Waals surface area contributed by atoms with Crippen molar-refractivity contribution in [1.29, 1.82) is 0 Å². The molecule has 0 saturated heterocycles. The van der Waals surface area contributed by atoms with Crippen LogP contribution in [0.25, 0.3) is 0 Å². The Morgan fingerprint density at radius 1 is 1.22 bits per heavy atom. The van der Waals surface area contributed by atoms with E-state index in [9.17, 15) is 19.2 Å². The van der Waals surface area contributed by atoms with E-state index in [1.165, 1.54) is 0 Å². The fraction of sp³-hybridized carbons (Fsp3) is 0.474. The fourth-order valence-electron chi connectivity index (χ4n) is 2.47. The minimum Gasteiger partial charge on any atom is -0.457 e. The lowest BCUT2D eigenvalue weighted by molar-refractivity contribution is -0.142. The number of esters is 1. The molecule has 2 N–H and O–H groups in total. The number of rotatable bonds is 6. The summed E-state index contributed by atoms with van der Waals surface area (Å²) in [7, 11) is 0. The van der Waals surface area contributed by atoms with Crippen LogP contribution >= 0.6 is 0 Å². The lowest BCUT2D eigenvalue weighted by Gasteiger charge is -2.19. The van der Waals surface area contributed by atoms with Gasteiger partial charge in [0.25, 0.3) is 0 Å². The first kappa shape index (κ1) is 20.4. The van der Waals surface area contributed by atoms with E-state index in [0.29, 0.717) is 11.3 Å². The highest BCUT2D eigenvalue weighted by atomic mass is 16.6. The molecule has 1 atom stereocenters. The summed E-state index contributed by atoms with van der Waals surface area (Å²) in [5.41, 5.74) is 1.19. The largest absolute Gasteiger partial charge is 0.457 e. The van der Waals surface area contributed by atoms with Crippen LogP contribution in [0.4, 0.5) is 10.5 Å². The molecule has 1 aromatic rings. The molecule has 2 amide bonds. The van der Waals surface area contributed by atoms with Crippen LogP contribution in [-0.4, -0.2) is 42.5 Å². The Morgan fingerprint density at radius 3 is 2.59 bits per heavy atom. The number of amides is 2. The van der Waals surface area contributed by atoms with Gasteiger partial charge in [-0.25, -0.2) is 4.79 Å². The molecule has 8 heteroatoms. The first-order valence-corrected chi connectivity index (χ1v) is 8.67. The van der Waals surface area contributed by atoms with Gasteiger partial charge in [-0.2, -0.15) is 0 Å². The molecule has 0 saturated carbocycles.